The molecule has 0 heterocycles. The van der Waals surface area contributed by atoms with Crippen LogP contribution in [-0.2, 0) is 18.4 Å². The molecule has 0 atom stereocenters. The number of primary amides is 1. The SMILES string of the molecule is CC(C)OP(=O)(/N=C(/SCC(N)=O)c1ccccc1)OC(C)C. The molecule has 6 nitrogen and oxygen atoms in total. The molecule has 23 heavy (non-hydrogen) atoms. The van der Waals surface area contributed by atoms with Crippen LogP contribution in [0.3, 0.4) is 0 Å². The molecule has 0 aromatic heterocycles. The molecule has 1 aromatic rings. The molecule has 128 valence electrons. The van der Waals surface area contributed by atoms with Crippen molar-refractivity contribution in [2.45, 2.75) is 39.9 Å². The average molecular weight is 358 g/mol. The summed E-state index contributed by atoms with van der Waals surface area (Å²) in [6.07, 6.45) is -0.636. The summed E-state index contributed by atoms with van der Waals surface area (Å²) in [5.74, 6) is -0.458. The van der Waals surface area contributed by atoms with Crippen LogP contribution in [0, 0.1) is 0 Å². The van der Waals surface area contributed by atoms with Gasteiger partial charge in [-0.2, -0.15) is 4.76 Å². The maximum absolute atomic E-state index is 12.9. The molecular formula is C15H23N2O4PS. The number of hydrogen-bond acceptors (Lipinski definition) is 5. The van der Waals surface area contributed by atoms with Gasteiger partial charge in [0.25, 0.3) is 0 Å². The van der Waals surface area contributed by atoms with Crippen LogP contribution in [0.25, 0.3) is 0 Å². The summed E-state index contributed by atoms with van der Waals surface area (Å²) in [7, 11) is -3.70. The third-order valence-electron chi connectivity index (χ3n) is 2.27. The predicted molar refractivity (Wildman–Crippen MR) is 94.7 cm³/mol. The van der Waals surface area contributed by atoms with Gasteiger partial charge in [-0.3, -0.25) is 13.8 Å². The maximum Gasteiger partial charge on any atom is 0.455 e. The van der Waals surface area contributed by atoms with E-state index in [0.717, 1.165) is 17.3 Å². The predicted octanol–water partition coefficient (Wildman–Crippen LogP) is 3.61. The van der Waals surface area contributed by atoms with E-state index >= 15 is 0 Å². The van der Waals surface area contributed by atoms with Gasteiger partial charge >= 0.3 is 7.75 Å². The molecule has 0 radical (unpaired) electrons. The highest BCUT2D eigenvalue weighted by Crippen LogP contribution is 2.53. The number of carbonyl (C=O) groups is 1. The van der Waals surface area contributed by atoms with Crippen LogP contribution in [-0.4, -0.2) is 28.9 Å². The zero-order valence-corrected chi connectivity index (χ0v) is 15.5. The minimum Gasteiger partial charge on any atom is -0.369 e. The van der Waals surface area contributed by atoms with Crippen molar-refractivity contribution < 1.29 is 18.4 Å². The fraction of sp³-hybridized carbons (Fsp3) is 0.467. The molecule has 0 spiro atoms. The minimum absolute atomic E-state index is 0.0249. The van der Waals surface area contributed by atoms with Gasteiger partial charge in [0.05, 0.1) is 18.0 Å². The summed E-state index contributed by atoms with van der Waals surface area (Å²) in [6.45, 7) is 7.02. The van der Waals surface area contributed by atoms with E-state index in [0.29, 0.717) is 5.04 Å². The molecule has 0 aliphatic heterocycles. The lowest BCUT2D eigenvalue weighted by atomic mass is 10.2. The highest BCUT2D eigenvalue weighted by atomic mass is 32.2. The van der Waals surface area contributed by atoms with Crippen LogP contribution in [0.5, 0.6) is 0 Å². The molecule has 8 heteroatoms. The molecule has 1 amide bonds. The number of nitrogens with zero attached hydrogens (tertiary/aromatic N) is 1. The third kappa shape index (κ3) is 7.79. The van der Waals surface area contributed by atoms with Crippen LogP contribution >= 0.6 is 19.5 Å². The lowest BCUT2D eigenvalue weighted by Crippen LogP contribution is -2.15. The van der Waals surface area contributed by atoms with Crippen molar-refractivity contribution >= 4 is 30.5 Å². The van der Waals surface area contributed by atoms with Crippen LogP contribution in [0.1, 0.15) is 33.3 Å². The third-order valence-corrected chi connectivity index (χ3v) is 5.26. The van der Waals surface area contributed by atoms with Crippen molar-refractivity contribution in [3.05, 3.63) is 35.9 Å². The first-order chi connectivity index (χ1) is 10.7. The monoisotopic (exact) mass is 358 g/mol. The molecule has 0 saturated carbocycles. The van der Waals surface area contributed by atoms with E-state index in [1.807, 2.05) is 30.3 Å². The average Bonchev–Trinajstić information content (AvgIpc) is 2.42. The van der Waals surface area contributed by atoms with E-state index in [-0.39, 0.29) is 18.0 Å². The second-order valence-corrected chi connectivity index (χ2v) is 7.83. The molecule has 1 aromatic carbocycles. The van der Waals surface area contributed by atoms with Gasteiger partial charge in [0.15, 0.2) is 0 Å². The van der Waals surface area contributed by atoms with Crippen molar-refractivity contribution in [3.8, 4) is 0 Å². The van der Waals surface area contributed by atoms with E-state index in [2.05, 4.69) is 4.76 Å². The van der Waals surface area contributed by atoms with Gasteiger partial charge in [0.2, 0.25) is 5.91 Å². The van der Waals surface area contributed by atoms with Gasteiger partial charge in [0, 0.05) is 5.56 Å². The molecule has 0 aliphatic rings. The summed E-state index contributed by atoms with van der Waals surface area (Å²) in [5, 5.41) is 0.397. The fourth-order valence-corrected chi connectivity index (χ4v) is 4.27. The van der Waals surface area contributed by atoms with Gasteiger partial charge in [0.1, 0.15) is 5.04 Å². The van der Waals surface area contributed by atoms with Crippen molar-refractivity contribution in [1.82, 2.24) is 0 Å². The number of hydrogen-bond donors (Lipinski definition) is 1. The molecule has 0 bridgehead atoms. The highest BCUT2D eigenvalue weighted by Gasteiger charge is 2.28. The Bertz CT molecular complexity index is 576. The van der Waals surface area contributed by atoms with Gasteiger partial charge in [-0.15, -0.1) is 0 Å². The summed E-state index contributed by atoms with van der Waals surface area (Å²) in [4.78, 5) is 11.1. The first kappa shape index (κ1) is 19.9. The molecule has 0 saturated heterocycles. The van der Waals surface area contributed by atoms with Gasteiger partial charge in [-0.1, -0.05) is 42.1 Å². The van der Waals surface area contributed by atoms with Gasteiger partial charge in [-0.25, -0.2) is 4.57 Å². The molecule has 0 unspecified atom stereocenters. The highest BCUT2D eigenvalue weighted by molar-refractivity contribution is 8.15. The van der Waals surface area contributed by atoms with Crippen LogP contribution < -0.4 is 5.73 Å². The largest absolute Gasteiger partial charge is 0.455 e. The van der Waals surface area contributed by atoms with Crippen molar-refractivity contribution in [3.63, 3.8) is 0 Å². The molecule has 2 N–H and O–H groups in total. The number of amides is 1. The number of rotatable bonds is 8. The Morgan fingerprint density at radius 2 is 1.70 bits per heavy atom. The standard InChI is InChI=1S/C15H23N2O4PS/c1-11(2)20-22(19,21-12(3)4)17-15(23-10-14(16)18)13-8-6-5-7-9-13/h5-9,11-12H,10H2,1-4H3,(H2,16,18)/b17-15+. The minimum atomic E-state index is -3.70. The van der Waals surface area contributed by atoms with Crippen molar-refractivity contribution in [2.75, 3.05) is 5.75 Å². The molecule has 1 rings (SSSR count). The number of carbonyl (C=O) groups excluding carboxylic acids is 1. The first-order valence-corrected chi connectivity index (χ1v) is 9.73. The Morgan fingerprint density at radius 3 is 2.13 bits per heavy atom. The lowest BCUT2D eigenvalue weighted by molar-refractivity contribution is -0.115. The Morgan fingerprint density at radius 1 is 1.17 bits per heavy atom. The van der Waals surface area contributed by atoms with Crippen molar-refractivity contribution in [1.29, 1.82) is 0 Å². The normalized spacial score (nSPS) is 12.9. The lowest BCUT2D eigenvalue weighted by Gasteiger charge is -2.19. The van der Waals surface area contributed by atoms with Gasteiger partial charge < -0.3 is 5.73 Å². The molecule has 0 aliphatic carbocycles. The molecular weight excluding hydrogens is 335 g/mol. The number of nitrogens with two attached hydrogens (primary N) is 1. The summed E-state index contributed by atoms with van der Waals surface area (Å²) >= 11 is 1.11. The van der Waals surface area contributed by atoms with Crippen LogP contribution in [0.15, 0.2) is 35.1 Å². The second-order valence-electron chi connectivity index (χ2n) is 5.30. The topological polar surface area (TPSA) is 91.0 Å². The Labute approximate surface area is 141 Å². The van der Waals surface area contributed by atoms with E-state index in [1.54, 1.807) is 27.7 Å². The second kappa shape index (κ2) is 9.23. The van der Waals surface area contributed by atoms with Gasteiger partial charge in [-0.05, 0) is 27.7 Å². The van der Waals surface area contributed by atoms with Crippen LogP contribution in [0.2, 0.25) is 0 Å². The van der Waals surface area contributed by atoms with E-state index < -0.39 is 13.7 Å². The first-order valence-electron chi connectivity index (χ1n) is 7.25. The zero-order chi connectivity index (χ0) is 17.5. The summed E-state index contributed by atoms with van der Waals surface area (Å²) < 4.78 is 28.0. The van der Waals surface area contributed by atoms with E-state index in [4.69, 9.17) is 14.8 Å². The van der Waals surface area contributed by atoms with Crippen LogP contribution in [0.4, 0.5) is 0 Å². The van der Waals surface area contributed by atoms with E-state index in [9.17, 15) is 9.36 Å². The smallest absolute Gasteiger partial charge is 0.369 e. The zero-order valence-electron chi connectivity index (χ0n) is 13.8. The maximum atomic E-state index is 12.9. The number of benzene rings is 1. The quantitative estimate of drug-likeness (QED) is 0.435. The Hall–Kier alpha value is -1.14. The Kier molecular flexibility index (Phi) is 7.99. The van der Waals surface area contributed by atoms with Crippen molar-refractivity contribution in [2.24, 2.45) is 10.5 Å². The van der Waals surface area contributed by atoms with E-state index in [1.165, 1.54) is 0 Å². The molecule has 0 fully saturated rings. The summed E-state index contributed by atoms with van der Waals surface area (Å²) in [5.41, 5.74) is 5.92. The fourth-order valence-electron chi connectivity index (χ4n) is 1.61. The number of thioether (sulfide) groups is 1. The Balaban J connectivity index is 3.20. The summed E-state index contributed by atoms with van der Waals surface area (Å²) in [6, 6.07) is 9.12.